The number of aryl methyl sites for hydroxylation is 1. The van der Waals surface area contributed by atoms with E-state index in [1.165, 1.54) is 13.5 Å². The van der Waals surface area contributed by atoms with Gasteiger partial charge in [-0.3, -0.25) is 4.79 Å². The zero-order valence-corrected chi connectivity index (χ0v) is 15.4. The Morgan fingerprint density at radius 1 is 1.38 bits per heavy atom. The fraction of sp³-hybridized carbons (Fsp3) is 0.667. The van der Waals surface area contributed by atoms with Gasteiger partial charge in [0.2, 0.25) is 0 Å². The summed E-state index contributed by atoms with van der Waals surface area (Å²) in [7, 11) is 1.34. The highest BCUT2D eigenvalue weighted by atomic mass is 16.5. The van der Waals surface area contributed by atoms with Crippen molar-refractivity contribution in [2.45, 2.75) is 46.6 Å². The smallest absolute Gasteiger partial charge is 0.339 e. The molecule has 0 saturated carbocycles. The molecule has 2 rings (SSSR count). The zero-order valence-electron chi connectivity index (χ0n) is 15.4. The van der Waals surface area contributed by atoms with Gasteiger partial charge in [0.05, 0.1) is 12.7 Å². The van der Waals surface area contributed by atoms with Crippen molar-refractivity contribution in [3.05, 3.63) is 22.5 Å². The van der Waals surface area contributed by atoms with Gasteiger partial charge in [-0.2, -0.15) is 0 Å². The third-order valence-corrected chi connectivity index (χ3v) is 4.89. The van der Waals surface area contributed by atoms with Crippen molar-refractivity contribution in [1.29, 1.82) is 0 Å². The summed E-state index contributed by atoms with van der Waals surface area (Å²) in [4.78, 5) is 29.8. The fourth-order valence-corrected chi connectivity index (χ4v) is 3.44. The molecule has 1 aliphatic heterocycles. The fourth-order valence-electron chi connectivity index (χ4n) is 3.44. The Morgan fingerprint density at radius 2 is 2.08 bits per heavy atom. The van der Waals surface area contributed by atoms with Crippen molar-refractivity contribution in [3.63, 3.8) is 0 Å². The standard InChI is InChI=1S/C18H29N3O3/c1-11(2)21-8-6-7-14(10-21)9-19-17(22)16-12(3)15(13(4)20-16)18(23)24-5/h11,14,20H,6-10H2,1-5H3,(H,19,22). The minimum atomic E-state index is -0.417. The average molecular weight is 335 g/mol. The molecule has 24 heavy (non-hydrogen) atoms. The van der Waals surface area contributed by atoms with Crippen molar-refractivity contribution in [1.82, 2.24) is 15.2 Å². The minimum absolute atomic E-state index is 0.160. The molecule has 0 aliphatic carbocycles. The van der Waals surface area contributed by atoms with E-state index in [4.69, 9.17) is 4.74 Å². The van der Waals surface area contributed by atoms with Crippen LogP contribution in [0.4, 0.5) is 0 Å². The number of nitrogens with one attached hydrogen (secondary N) is 2. The number of nitrogens with zero attached hydrogens (tertiary/aromatic N) is 1. The zero-order chi connectivity index (χ0) is 17.9. The highest BCUT2D eigenvalue weighted by molar-refractivity contribution is 6.00. The number of amides is 1. The number of piperidine rings is 1. The van der Waals surface area contributed by atoms with Gasteiger partial charge in [0, 0.05) is 24.8 Å². The third kappa shape index (κ3) is 3.98. The molecule has 0 spiro atoms. The van der Waals surface area contributed by atoms with Crippen LogP contribution >= 0.6 is 0 Å². The molecule has 0 aromatic carbocycles. The van der Waals surface area contributed by atoms with Gasteiger partial charge in [0.1, 0.15) is 5.69 Å². The molecule has 1 amide bonds. The summed E-state index contributed by atoms with van der Waals surface area (Å²) < 4.78 is 4.78. The lowest BCUT2D eigenvalue weighted by atomic mass is 9.97. The first kappa shape index (κ1) is 18.5. The normalized spacial score (nSPS) is 18.7. The van der Waals surface area contributed by atoms with Gasteiger partial charge in [-0.1, -0.05) is 0 Å². The van der Waals surface area contributed by atoms with Crippen molar-refractivity contribution >= 4 is 11.9 Å². The molecule has 1 saturated heterocycles. The largest absolute Gasteiger partial charge is 0.465 e. The summed E-state index contributed by atoms with van der Waals surface area (Å²) in [5.74, 6) is -0.103. The molecular weight excluding hydrogens is 306 g/mol. The maximum absolute atomic E-state index is 12.5. The number of methoxy groups -OCH3 is 1. The summed E-state index contributed by atoms with van der Waals surface area (Å²) in [6.07, 6.45) is 2.31. The molecule has 1 aromatic rings. The molecule has 1 fully saturated rings. The molecular formula is C18H29N3O3. The predicted molar refractivity (Wildman–Crippen MR) is 93.4 cm³/mol. The summed E-state index contributed by atoms with van der Waals surface area (Å²) in [6.45, 7) is 10.8. The number of hydrogen-bond acceptors (Lipinski definition) is 4. The lowest BCUT2D eigenvalue weighted by molar-refractivity contribution is 0.0599. The molecule has 1 aromatic heterocycles. The van der Waals surface area contributed by atoms with Gasteiger partial charge < -0.3 is 19.9 Å². The van der Waals surface area contributed by atoms with E-state index in [9.17, 15) is 9.59 Å². The molecule has 134 valence electrons. The van der Waals surface area contributed by atoms with Crippen LogP contribution in [-0.2, 0) is 4.74 Å². The molecule has 1 aliphatic rings. The van der Waals surface area contributed by atoms with E-state index >= 15 is 0 Å². The summed E-state index contributed by atoms with van der Waals surface area (Å²) >= 11 is 0. The molecule has 6 heteroatoms. The highest BCUT2D eigenvalue weighted by Gasteiger charge is 2.25. The number of carbonyl (C=O) groups excluding carboxylic acids is 2. The Hall–Kier alpha value is -1.82. The van der Waals surface area contributed by atoms with Gasteiger partial charge in [-0.25, -0.2) is 4.79 Å². The number of esters is 1. The molecule has 6 nitrogen and oxygen atoms in total. The number of hydrogen-bond donors (Lipinski definition) is 2. The first-order valence-corrected chi connectivity index (χ1v) is 8.64. The topological polar surface area (TPSA) is 74.4 Å². The second kappa shape index (κ2) is 7.83. The monoisotopic (exact) mass is 335 g/mol. The van der Waals surface area contributed by atoms with Crippen LogP contribution in [0, 0.1) is 19.8 Å². The van der Waals surface area contributed by atoms with Crippen LogP contribution in [0.3, 0.4) is 0 Å². The van der Waals surface area contributed by atoms with Crippen molar-refractivity contribution in [2.24, 2.45) is 5.92 Å². The van der Waals surface area contributed by atoms with Crippen molar-refractivity contribution < 1.29 is 14.3 Å². The number of aromatic nitrogens is 1. The van der Waals surface area contributed by atoms with E-state index in [0.717, 1.165) is 19.5 Å². The maximum atomic E-state index is 12.5. The maximum Gasteiger partial charge on any atom is 0.339 e. The van der Waals surface area contributed by atoms with Gasteiger partial charge in [-0.15, -0.1) is 0 Å². The summed E-state index contributed by atoms with van der Waals surface area (Å²) in [6, 6.07) is 0.541. The molecule has 0 bridgehead atoms. The van der Waals surface area contributed by atoms with Gasteiger partial charge in [0.15, 0.2) is 0 Å². The summed E-state index contributed by atoms with van der Waals surface area (Å²) in [5.41, 5.74) is 2.20. The lowest BCUT2D eigenvalue weighted by Gasteiger charge is -2.35. The first-order chi connectivity index (χ1) is 11.3. The molecule has 2 heterocycles. The average Bonchev–Trinajstić information content (AvgIpc) is 2.87. The minimum Gasteiger partial charge on any atom is -0.465 e. The van der Waals surface area contributed by atoms with Crippen LogP contribution in [0.25, 0.3) is 0 Å². The molecule has 1 unspecified atom stereocenters. The van der Waals surface area contributed by atoms with Gasteiger partial charge in [0.25, 0.3) is 5.91 Å². The van der Waals surface area contributed by atoms with Gasteiger partial charge >= 0.3 is 5.97 Å². The number of carbonyl (C=O) groups is 2. The second-order valence-electron chi connectivity index (χ2n) is 6.92. The van der Waals surface area contributed by atoms with E-state index in [1.807, 2.05) is 0 Å². The number of likely N-dealkylation sites (tertiary alicyclic amines) is 1. The van der Waals surface area contributed by atoms with Crippen molar-refractivity contribution in [2.75, 3.05) is 26.7 Å². The lowest BCUT2D eigenvalue weighted by Crippen LogP contribution is -2.43. The van der Waals surface area contributed by atoms with E-state index in [-0.39, 0.29) is 5.91 Å². The van der Waals surface area contributed by atoms with Crippen LogP contribution in [-0.4, -0.2) is 54.5 Å². The molecule has 1 atom stereocenters. The van der Waals surface area contributed by atoms with Crippen LogP contribution in [0.15, 0.2) is 0 Å². The van der Waals surface area contributed by atoms with E-state index in [0.29, 0.717) is 41.0 Å². The number of ether oxygens (including phenoxy) is 1. The van der Waals surface area contributed by atoms with Crippen molar-refractivity contribution in [3.8, 4) is 0 Å². The Morgan fingerprint density at radius 3 is 2.71 bits per heavy atom. The first-order valence-electron chi connectivity index (χ1n) is 8.64. The van der Waals surface area contributed by atoms with E-state index < -0.39 is 5.97 Å². The van der Waals surface area contributed by atoms with E-state index in [2.05, 4.69) is 29.0 Å². The number of rotatable bonds is 5. The quantitative estimate of drug-likeness (QED) is 0.810. The SMILES string of the molecule is COC(=O)c1c(C)[nH]c(C(=O)NCC2CCCN(C(C)C)C2)c1C. The Bertz CT molecular complexity index is 607. The Kier molecular flexibility index (Phi) is 6.04. The third-order valence-electron chi connectivity index (χ3n) is 4.89. The summed E-state index contributed by atoms with van der Waals surface area (Å²) in [5, 5.41) is 3.02. The number of aromatic amines is 1. The second-order valence-corrected chi connectivity index (χ2v) is 6.92. The number of H-pyrrole nitrogens is 1. The predicted octanol–water partition coefficient (Wildman–Crippen LogP) is 2.27. The van der Waals surface area contributed by atoms with E-state index in [1.54, 1.807) is 13.8 Å². The Labute approximate surface area is 143 Å². The highest BCUT2D eigenvalue weighted by Crippen LogP contribution is 2.20. The van der Waals surface area contributed by atoms with Crippen LogP contribution in [0.1, 0.15) is 58.8 Å². The Balaban J connectivity index is 1.99. The molecule has 2 N–H and O–H groups in total. The van der Waals surface area contributed by atoms with Gasteiger partial charge in [-0.05, 0) is 58.6 Å². The molecule has 0 radical (unpaired) electrons. The van der Waals surface area contributed by atoms with Crippen LogP contribution in [0.5, 0.6) is 0 Å². The van der Waals surface area contributed by atoms with Crippen LogP contribution < -0.4 is 5.32 Å². The van der Waals surface area contributed by atoms with Crippen LogP contribution in [0.2, 0.25) is 0 Å².